The average molecular weight is 420 g/mol. The lowest BCUT2D eigenvalue weighted by Gasteiger charge is -2.17. The van der Waals surface area contributed by atoms with Gasteiger partial charge in [-0.15, -0.1) is 0 Å². The first-order valence-corrected chi connectivity index (χ1v) is 11.8. The highest BCUT2D eigenvalue weighted by Crippen LogP contribution is 2.10. The van der Waals surface area contributed by atoms with E-state index in [1.807, 2.05) is 30.3 Å². The van der Waals surface area contributed by atoms with Crippen LogP contribution in [-0.4, -0.2) is 24.7 Å². The standard InChI is InChI=1S/C25H41NO4/c1-3-5-7-9-10-11-16-20-29-24(27)23(19-15-8-6-4-2)26-25(28)30-21-22-17-13-12-14-18-22/h12-14,17-18,23H,3-11,15-16,19-21H2,1-2H3,(H,26,28). The van der Waals surface area contributed by atoms with Crippen molar-refractivity contribution in [3.05, 3.63) is 35.9 Å². The molecule has 0 saturated carbocycles. The molecule has 0 aliphatic rings. The number of alkyl carbamates (subject to hydrolysis) is 1. The predicted molar refractivity (Wildman–Crippen MR) is 121 cm³/mol. The van der Waals surface area contributed by atoms with Gasteiger partial charge in [0.2, 0.25) is 0 Å². The molecule has 1 aromatic rings. The molecule has 170 valence electrons. The minimum atomic E-state index is -0.644. The maximum Gasteiger partial charge on any atom is 0.408 e. The zero-order valence-electron chi connectivity index (χ0n) is 19.0. The molecule has 0 radical (unpaired) electrons. The molecule has 0 aliphatic heterocycles. The SMILES string of the molecule is CCCCCCCCCOC(=O)C(CCCCCC)NC(=O)OCc1ccccc1. The molecule has 0 aliphatic carbocycles. The van der Waals surface area contributed by atoms with Gasteiger partial charge in [0.05, 0.1) is 6.61 Å². The molecule has 0 bridgehead atoms. The van der Waals surface area contributed by atoms with Crippen LogP contribution in [0.15, 0.2) is 30.3 Å². The molecule has 30 heavy (non-hydrogen) atoms. The summed E-state index contributed by atoms with van der Waals surface area (Å²) in [6.07, 6.45) is 12.4. The third-order valence-corrected chi connectivity index (χ3v) is 5.13. The predicted octanol–water partition coefficient (Wildman–Crippen LogP) is 6.55. The van der Waals surface area contributed by atoms with E-state index < -0.39 is 12.1 Å². The monoisotopic (exact) mass is 419 g/mol. The lowest BCUT2D eigenvalue weighted by Crippen LogP contribution is -2.42. The number of unbranched alkanes of at least 4 members (excludes halogenated alkanes) is 9. The van der Waals surface area contributed by atoms with Crippen molar-refractivity contribution in [1.29, 1.82) is 0 Å². The van der Waals surface area contributed by atoms with Crippen molar-refractivity contribution in [1.82, 2.24) is 5.32 Å². The Kier molecular flexibility index (Phi) is 15.4. The number of hydrogen-bond donors (Lipinski definition) is 1. The summed E-state index contributed by atoms with van der Waals surface area (Å²) in [5.74, 6) is -0.353. The smallest absolute Gasteiger partial charge is 0.408 e. The number of carbonyl (C=O) groups excluding carboxylic acids is 2. The summed E-state index contributed by atoms with van der Waals surface area (Å²) in [5, 5.41) is 2.70. The lowest BCUT2D eigenvalue weighted by molar-refractivity contribution is -0.146. The fraction of sp³-hybridized carbons (Fsp3) is 0.680. The third kappa shape index (κ3) is 13.2. The van der Waals surface area contributed by atoms with E-state index in [1.54, 1.807) is 0 Å². The Hall–Kier alpha value is -2.04. The number of carbonyl (C=O) groups is 2. The van der Waals surface area contributed by atoms with E-state index in [2.05, 4.69) is 19.2 Å². The van der Waals surface area contributed by atoms with E-state index >= 15 is 0 Å². The largest absolute Gasteiger partial charge is 0.464 e. The van der Waals surface area contributed by atoms with Crippen LogP contribution in [0.5, 0.6) is 0 Å². The summed E-state index contributed by atoms with van der Waals surface area (Å²) in [7, 11) is 0. The molecule has 1 unspecified atom stereocenters. The van der Waals surface area contributed by atoms with Gasteiger partial charge in [-0.3, -0.25) is 0 Å². The van der Waals surface area contributed by atoms with Gasteiger partial charge in [0.15, 0.2) is 0 Å². The maximum absolute atomic E-state index is 12.5. The molecule has 5 nitrogen and oxygen atoms in total. The minimum absolute atomic E-state index is 0.183. The number of nitrogens with one attached hydrogen (secondary N) is 1. The second-order valence-corrected chi connectivity index (χ2v) is 7.90. The summed E-state index contributed by atoms with van der Waals surface area (Å²) in [5.41, 5.74) is 0.911. The van der Waals surface area contributed by atoms with Crippen molar-refractivity contribution in [2.75, 3.05) is 6.61 Å². The summed E-state index contributed by atoms with van der Waals surface area (Å²) < 4.78 is 10.7. The Bertz CT molecular complexity index is 562. The first kappa shape index (κ1) is 26.0. The summed E-state index contributed by atoms with van der Waals surface area (Å²) in [4.78, 5) is 24.7. The maximum atomic E-state index is 12.5. The second-order valence-electron chi connectivity index (χ2n) is 7.90. The Balaban J connectivity index is 2.35. The van der Waals surface area contributed by atoms with Crippen LogP contribution in [0, 0.1) is 0 Å². The van der Waals surface area contributed by atoms with E-state index in [0.717, 1.165) is 44.1 Å². The molecule has 1 rings (SSSR count). The van der Waals surface area contributed by atoms with Crippen LogP contribution in [0.25, 0.3) is 0 Å². The van der Waals surface area contributed by atoms with Crippen LogP contribution in [0.2, 0.25) is 0 Å². The zero-order chi connectivity index (χ0) is 21.9. The minimum Gasteiger partial charge on any atom is -0.464 e. The van der Waals surface area contributed by atoms with Gasteiger partial charge >= 0.3 is 12.1 Å². The fourth-order valence-corrected chi connectivity index (χ4v) is 3.26. The highest BCUT2D eigenvalue weighted by molar-refractivity contribution is 5.81. The second kappa shape index (κ2) is 17.8. The number of benzene rings is 1. The number of hydrogen-bond acceptors (Lipinski definition) is 4. The number of amides is 1. The van der Waals surface area contributed by atoms with Crippen molar-refractivity contribution in [2.45, 2.75) is 104 Å². The molecule has 0 saturated heterocycles. The molecule has 1 N–H and O–H groups in total. The normalized spacial score (nSPS) is 11.7. The molecule has 1 amide bonds. The van der Waals surface area contributed by atoms with E-state index in [1.165, 1.54) is 32.1 Å². The Labute approximate surface area is 182 Å². The first-order chi connectivity index (χ1) is 14.7. The lowest BCUT2D eigenvalue weighted by atomic mass is 10.1. The van der Waals surface area contributed by atoms with Crippen molar-refractivity contribution >= 4 is 12.1 Å². The van der Waals surface area contributed by atoms with Crippen LogP contribution < -0.4 is 5.32 Å². The van der Waals surface area contributed by atoms with E-state index in [9.17, 15) is 9.59 Å². The van der Waals surface area contributed by atoms with Gasteiger partial charge in [0.25, 0.3) is 0 Å². The van der Waals surface area contributed by atoms with Gasteiger partial charge in [-0.1, -0.05) is 108 Å². The topological polar surface area (TPSA) is 64.6 Å². The molecule has 5 heteroatoms. The third-order valence-electron chi connectivity index (χ3n) is 5.13. The molecule has 0 aromatic heterocycles. The molecule has 0 fully saturated rings. The van der Waals surface area contributed by atoms with Gasteiger partial charge in [0, 0.05) is 0 Å². The van der Waals surface area contributed by atoms with E-state index in [4.69, 9.17) is 9.47 Å². The van der Waals surface area contributed by atoms with Crippen molar-refractivity contribution in [3.8, 4) is 0 Å². The van der Waals surface area contributed by atoms with Crippen LogP contribution >= 0.6 is 0 Å². The Morgan fingerprint density at radius 3 is 2.07 bits per heavy atom. The van der Waals surface area contributed by atoms with Crippen molar-refractivity contribution in [3.63, 3.8) is 0 Å². The highest BCUT2D eigenvalue weighted by atomic mass is 16.6. The molecule has 1 atom stereocenters. The highest BCUT2D eigenvalue weighted by Gasteiger charge is 2.22. The Morgan fingerprint density at radius 1 is 0.800 bits per heavy atom. The van der Waals surface area contributed by atoms with Gasteiger partial charge in [-0.25, -0.2) is 9.59 Å². The zero-order valence-corrected chi connectivity index (χ0v) is 19.0. The molecular weight excluding hydrogens is 378 g/mol. The number of esters is 1. The Morgan fingerprint density at radius 2 is 1.40 bits per heavy atom. The van der Waals surface area contributed by atoms with Gasteiger partial charge in [-0.05, 0) is 18.4 Å². The number of ether oxygens (including phenoxy) is 2. The fourth-order valence-electron chi connectivity index (χ4n) is 3.26. The quantitative estimate of drug-likeness (QED) is 0.230. The molecule has 0 spiro atoms. The summed E-state index contributed by atoms with van der Waals surface area (Å²) in [6, 6.07) is 8.85. The van der Waals surface area contributed by atoms with Crippen molar-refractivity contribution < 1.29 is 19.1 Å². The van der Waals surface area contributed by atoms with Crippen molar-refractivity contribution in [2.24, 2.45) is 0 Å². The van der Waals surface area contributed by atoms with Gasteiger partial charge in [-0.2, -0.15) is 0 Å². The van der Waals surface area contributed by atoms with E-state index in [0.29, 0.717) is 13.0 Å². The summed E-state index contributed by atoms with van der Waals surface area (Å²) in [6.45, 7) is 4.96. The molecule has 0 heterocycles. The number of rotatable bonds is 17. The average Bonchev–Trinajstić information content (AvgIpc) is 2.76. The van der Waals surface area contributed by atoms with Crippen LogP contribution in [0.1, 0.15) is 96.5 Å². The van der Waals surface area contributed by atoms with E-state index in [-0.39, 0.29) is 12.6 Å². The molecule has 1 aromatic carbocycles. The summed E-state index contributed by atoms with van der Waals surface area (Å²) >= 11 is 0. The van der Waals surface area contributed by atoms with Gasteiger partial charge < -0.3 is 14.8 Å². The van der Waals surface area contributed by atoms with Gasteiger partial charge in [0.1, 0.15) is 12.6 Å². The van der Waals surface area contributed by atoms with Crippen LogP contribution in [-0.2, 0) is 20.9 Å². The molecular formula is C25H41NO4. The first-order valence-electron chi connectivity index (χ1n) is 11.8. The van der Waals surface area contributed by atoms with Crippen LogP contribution in [0.4, 0.5) is 4.79 Å². The van der Waals surface area contributed by atoms with Crippen LogP contribution in [0.3, 0.4) is 0 Å².